The van der Waals surface area contributed by atoms with Crippen molar-refractivity contribution in [1.29, 1.82) is 0 Å². The van der Waals surface area contributed by atoms with E-state index >= 15 is 0 Å². The molecular formula is C16H23ClN2O. The van der Waals surface area contributed by atoms with Crippen LogP contribution in [0.5, 0.6) is 0 Å². The van der Waals surface area contributed by atoms with Gasteiger partial charge in [0.15, 0.2) is 0 Å². The van der Waals surface area contributed by atoms with Crippen LogP contribution in [0.4, 0.5) is 0 Å². The molecule has 1 fully saturated rings. The molecule has 1 aliphatic rings. The lowest BCUT2D eigenvalue weighted by Gasteiger charge is -2.30. The molecule has 1 unspecified atom stereocenters. The van der Waals surface area contributed by atoms with Crippen LogP contribution in [0.15, 0.2) is 24.3 Å². The molecule has 0 aliphatic carbocycles. The fourth-order valence-corrected chi connectivity index (χ4v) is 2.91. The Labute approximate surface area is 126 Å². The summed E-state index contributed by atoms with van der Waals surface area (Å²) >= 11 is 6.14. The normalized spacial score (nSPS) is 18.8. The van der Waals surface area contributed by atoms with Gasteiger partial charge in [0.25, 0.3) is 5.91 Å². The zero-order chi connectivity index (χ0) is 14.4. The number of rotatable bonds is 5. The molecular weight excluding hydrogens is 272 g/mol. The van der Waals surface area contributed by atoms with Crippen LogP contribution in [0.1, 0.15) is 43.0 Å². The standard InChI is InChI=1S/C16H23ClN2O/c1-2-11-19(12-13-7-5-6-10-18-13)16(20)14-8-3-4-9-15(14)17/h3-4,8-9,13,18H,2,5-7,10-12H2,1H3. The Kier molecular flexibility index (Phi) is 5.86. The zero-order valence-electron chi connectivity index (χ0n) is 12.1. The third-order valence-corrected chi connectivity index (χ3v) is 4.07. The lowest BCUT2D eigenvalue weighted by Crippen LogP contribution is -2.46. The number of nitrogens with one attached hydrogen (secondary N) is 1. The Morgan fingerprint density at radius 3 is 2.85 bits per heavy atom. The van der Waals surface area contributed by atoms with Gasteiger partial charge >= 0.3 is 0 Å². The van der Waals surface area contributed by atoms with Crippen molar-refractivity contribution in [2.24, 2.45) is 0 Å². The first-order valence-electron chi connectivity index (χ1n) is 7.49. The summed E-state index contributed by atoms with van der Waals surface area (Å²) in [6.45, 7) is 4.71. The van der Waals surface area contributed by atoms with E-state index in [-0.39, 0.29) is 5.91 Å². The van der Waals surface area contributed by atoms with Gasteiger partial charge in [0.2, 0.25) is 0 Å². The molecule has 1 saturated heterocycles. The van der Waals surface area contributed by atoms with Gasteiger partial charge in [0.1, 0.15) is 0 Å². The SMILES string of the molecule is CCCN(CC1CCCCN1)C(=O)c1ccccc1Cl. The summed E-state index contributed by atoms with van der Waals surface area (Å²) in [6, 6.07) is 7.72. The number of carbonyl (C=O) groups excluding carboxylic acids is 1. The molecule has 1 aromatic carbocycles. The van der Waals surface area contributed by atoms with Gasteiger partial charge in [-0.05, 0) is 37.9 Å². The summed E-state index contributed by atoms with van der Waals surface area (Å²) in [7, 11) is 0. The molecule has 1 aromatic rings. The first kappa shape index (κ1) is 15.3. The van der Waals surface area contributed by atoms with Gasteiger partial charge in [0, 0.05) is 19.1 Å². The monoisotopic (exact) mass is 294 g/mol. The molecule has 20 heavy (non-hydrogen) atoms. The third kappa shape index (κ3) is 3.97. The number of hydrogen-bond donors (Lipinski definition) is 1. The van der Waals surface area contributed by atoms with E-state index in [2.05, 4.69) is 12.2 Å². The summed E-state index contributed by atoms with van der Waals surface area (Å²) in [6.07, 6.45) is 4.60. The summed E-state index contributed by atoms with van der Waals surface area (Å²) < 4.78 is 0. The Morgan fingerprint density at radius 2 is 2.20 bits per heavy atom. The summed E-state index contributed by atoms with van der Waals surface area (Å²) in [5, 5.41) is 4.04. The van der Waals surface area contributed by atoms with Crippen molar-refractivity contribution in [2.75, 3.05) is 19.6 Å². The summed E-state index contributed by atoms with van der Waals surface area (Å²) in [5.74, 6) is 0.0461. The van der Waals surface area contributed by atoms with E-state index in [1.54, 1.807) is 6.07 Å². The highest BCUT2D eigenvalue weighted by molar-refractivity contribution is 6.33. The summed E-state index contributed by atoms with van der Waals surface area (Å²) in [5.41, 5.74) is 0.610. The lowest BCUT2D eigenvalue weighted by molar-refractivity contribution is 0.0732. The molecule has 1 atom stereocenters. The van der Waals surface area contributed by atoms with Gasteiger partial charge in [0.05, 0.1) is 10.6 Å². The van der Waals surface area contributed by atoms with Crippen LogP contribution in [0.2, 0.25) is 5.02 Å². The van der Waals surface area contributed by atoms with Crippen molar-refractivity contribution in [2.45, 2.75) is 38.6 Å². The lowest BCUT2D eigenvalue weighted by atomic mass is 10.0. The minimum atomic E-state index is 0.0461. The molecule has 1 amide bonds. The average Bonchev–Trinajstić information content (AvgIpc) is 2.48. The van der Waals surface area contributed by atoms with Crippen LogP contribution in [0.3, 0.4) is 0 Å². The molecule has 110 valence electrons. The van der Waals surface area contributed by atoms with Crippen molar-refractivity contribution in [3.05, 3.63) is 34.9 Å². The molecule has 0 aromatic heterocycles. The number of halogens is 1. The molecule has 0 spiro atoms. The maximum Gasteiger partial charge on any atom is 0.255 e. The van der Waals surface area contributed by atoms with Crippen LogP contribution in [-0.4, -0.2) is 36.5 Å². The van der Waals surface area contributed by atoms with Crippen LogP contribution in [0, 0.1) is 0 Å². The first-order chi connectivity index (χ1) is 9.72. The number of piperidine rings is 1. The predicted molar refractivity (Wildman–Crippen MR) is 83.3 cm³/mol. The number of nitrogens with zero attached hydrogens (tertiary/aromatic N) is 1. The number of amides is 1. The maximum atomic E-state index is 12.6. The van der Waals surface area contributed by atoms with Crippen LogP contribution >= 0.6 is 11.6 Å². The molecule has 4 heteroatoms. The quantitative estimate of drug-likeness (QED) is 0.903. The summed E-state index contributed by atoms with van der Waals surface area (Å²) in [4.78, 5) is 14.6. The van der Waals surface area contributed by atoms with Gasteiger partial charge in [-0.25, -0.2) is 0 Å². The van der Waals surface area contributed by atoms with E-state index in [0.717, 1.165) is 32.5 Å². The Balaban J connectivity index is 2.07. The van der Waals surface area contributed by atoms with Gasteiger partial charge in [-0.1, -0.05) is 37.1 Å². The minimum Gasteiger partial charge on any atom is -0.337 e. The average molecular weight is 295 g/mol. The van der Waals surface area contributed by atoms with Crippen molar-refractivity contribution in [3.63, 3.8) is 0 Å². The van der Waals surface area contributed by atoms with Gasteiger partial charge in [-0.15, -0.1) is 0 Å². The second-order valence-electron chi connectivity index (χ2n) is 5.38. The van der Waals surface area contributed by atoms with Gasteiger partial charge in [-0.2, -0.15) is 0 Å². The fourth-order valence-electron chi connectivity index (χ4n) is 2.70. The molecule has 0 saturated carbocycles. The third-order valence-electron chi connectivity index (χ3n) is 3.74. The molecule has 1 N–H and O–H groups in total. The molecule has 1 aliphatic heterocycles. The molecule has 0 bridgehead atoms. The number of benzene rings is 1. The largest absolute Gasteiger partial charge is 0.337 e. The van der Waals surface area contributed by atoms with Gasteiger partial charge in [-0.3, -0.25) is 4.79 Å². The van der Waals surface area contributed by atoms with E-state index in [0.29, 0.717) is 16.6 Å². The Morgan fingerprint density at radius 1 is 1.40 bits per heavy atom. The topological polar surface area (TPSA) is 32.3 Å². The highest BCUT2D eigenvalue weighted by Gasteiger charge is 2.22. The number of hydrogen-bond acceptors (Lipinski definition) is 2. The van der Waals surface area contributed by atoms with E-state index in [9.17, 15) is 4.79 Å². The zero-order valence-corrected chi connectivity index (χ0v) is 12.8. The first-order valence-corrected chi connectivity index (χ1v) is 7.87. The van der Waals surface area contributed by atoms with Crippen LogP contribution in [-0.2, 0) is 0 Å². The van der Waals surface area contributed by atoms with E-state index in [1.807, 2.05) is 23.1 Å². The smallest absolute Gasteiger partial charge is 0.255 e. The second kappa shape index (κ2) is 7.65. The van der Waals surface area contributed by atoms with E-state index in [4.69, 9.17) is 11.6 Å². The molecule has 1 heterocycles. The fraction of sp³-hybridized carbons (Fsp3) is 0.562. The minimum absolute atomic E-state index is 0.0461. The molecule has 3 nitrogen and oxygen atoms in total. The van der Waals surface area contributed by atoms with E-state index in [1.165, 1.54) is 12.8 Å². The van der Waals surface area contributed by atoms with Gasteiger partial charge < -0.3 is 10.2 Å². The highest BCUT2D eigenvalue weighted by atomic mass is 35.5. The number of carbonyl (C=O) groups is 1. The Bertz CT molecular complexity index is 444. The molecule has 0 radical (unpaired) electrons. The van der Waals surface area contributed by atoms with Crippen molar-refractivity contribution in [1.82, 2.24) is 10.2 Å². The van der Waals surface area contributed by atoms with Crippen molar-refractivity contribution in [3.8, 4) is 0 Å². The van der Waals surface area contributed by atoms with Crippen molar-refractivity contribution >= 4 is 17.5 Å². The maximum absolute atomic E-state index is 12.6. The van der Waals surface area contributed by atoms with Crippen molar-refractivity contribution < 1.29 is 4.79 Å². The second-order valence-corrected chi connectivity index (χ2v) is 5.79. The van der Waals surface area contributed by atoms with E-state index < -0.39 is 0 Å². The van der Waals surface area contributed by atoms with Crippen LogP contribution in [0.25, 0.3) is 0 Å². The van der Waals surface area contributed by atoms with Crippen LogP contribution < -0.4 is 5.32 Å². The highest BCUT2D eigenvalue weighted by Crippen LogP contribution is 2.18. The Hall–Kier alpha value is -1.06. The predicted octanol–water partition coefficient (Wildman–Crippen LogP) is 3.33. The molecule has 2 rings (SSSR count).